The van der Waals surface area contributed by atoms with Gasteiger partial charge in [-0.3, -0.25) is 4.79 Å². The average Bonchev–Trinajstić information content (AvgIpc) is 2.93. The van der Waals surface area contributed by atoms with E-state index in [9.17, 15) is 22.0 Å². The van der Waals surface area contributed by atoms with Crippen LogP contribution in [0.1, 0.15) is 21.8 Å². The zero-order chi connectivity index (χ0) is 19.1. The van der Waals surface area contributed by atoms with E-state index in [1.807, 2.05) is 0 Å². The van der Waals surface area contributed by atoms with E-state index in [-0.39, 0.29) is 48.1 Å². The van der Waals surface area contributed by atoms with E-state index in [2.05, 4.69) is 5.16 Å². The Kier molecular flexibility index (Phi) is 4.80. The largest absolute Gasteiger partial charge is 0.360 e. The SMILES string of the molecule is Cc1noc(C)c1S(=O)(=O)N1CCN(C(=O)c2ccc(F)cc2F)CC1. The lowest BCUT2D eigenvalue weighted by Crippen LogP contribution is -2.50. The lowest BCUT2D eigenvalue weighted by atomic mass is 10.1. The van der Waals surface area contributed by atoms with Crippen LogP contribution in [0.3, 0.4) is 0 Å². The first-order chi connectivity index (χ1) is 12.2. The normalized spacial score (nSPS) is 16.1. The maximum Gasteiger partial charge on any atom is 0.256 e. The van der Waals surface area contributed by atoms with Crippen molar-refractivity contribution in [3.05, 3.63) is 46.9 Å². The summed E-state index contributed by atoms with van der Waals surface area (Å²) in [6.45, 7) is 3.36. The fraction of sp³-hybridized carbons (Fsp3) is 0.375. The third-order valence-corrected chi connectivity index (χ3v) is 6.40. The Morgan fingerprint density at radius 3 is 2.35 bits per heavy atom. The van der Waals surface area contributed by atoms with Gasteiger partial charge in [0.2, 0.25) is 10.0 Å². The fourth-order valence-corrected chi connectivity index (χ4v) is 4.65. The number of sulfonamides is 1. The highest BCUT2D eigenvalue weighted by atomic mass is 32.2. The highest BCUT2D eigenvalue weighted by Gasteiger charge is 2.34. The summed E-state index contributed by atoms with van der Waals surface area (Å²) in [6, 6.07) is 2.74. The molecule has 0 bridgehead atoms. The number of carbonyl (C=O) groups excluding carboxylic acids is 1. The molecule has 1 saturated heterocycles. The Morgan fingerprint density at radius 1 is 1.15 bits per heavy atom. The lowest BCUT2D eigenvalue weighted by molar-refractivity contribution is 0.0693. The van der Waals surface area contributed by atoms with Gasteiger partial charge in [0.25, 0.3) is 5.91 Å². The molecule has 0 spiro atoms. The monoisotopic (exact) mass is 385 g/mol. The molecule has 1 aromatic carbocycles. The molecule has 2 heterocycles. The van der Waals surface area contributed by atoms with E-state index in [4.69, 9.17) is 4.52 Å². The van der Waals surface area contributed by atoms with Crippen LogP contribution in [0.5, 0.6) is 0 Å². The zero-order valence-corrected chi connectivity index (χ0v) is 15.0. The van der Waals surface area contributed by atoms with Crippen LogP contribution in [0.15, 0.2) is 27.6 Å². The van der Waals surface area contributed by atoms with Crippen molar-refractivity contribution in [2.24, 2.45) is 0 Å². The second-order valence-corrected chi connectivity index (χ2v) is 7.85. The van der Waals surface area contributed by atoms with Gasteiger partial charge in [-0.25, -0.2) is 17.2 Å². The third kappa shape index (κ3) is 3.21. The molecule has 1 aliphatic heterocycles. The summed E-state index contributed by atoms with van der Waals surface area (Å²) in [7, 11) is -3.79. The summed E-state index contributed by atoms with van der Waals surface area (Å²) in [5.41, 5.74) is 0.0304. The molecule has 1 aliphatic rings. The van der Waals surface area contributed by atoms with Gasteiger partial charge in [-0.1, -0.05) is 5.16 Å². The van der Waals surface area contributed by atoms with E-state index in [1.165, 1.54) is 16.1 Å². The molecule has 0 aliphatic carbocycles. The van der Waals surface area contributed by atoms with Crippen LogP contribution >= 0.6 is 0 Å². The number of carbonyl (C=O) groups is 1. The van der Waals surface area contributed by atoms with Crippen molar-refractivity contribution < 1.29 is 26.5 Å². The summed E-state index contributed by atoms with van der Waals surface area (Å²) in [4.78, 5) is 13.8. The van der Waals surface area contributed by atoms with Gasteiger partial charge < -0.3 is 9.42 Å². The topological polar surface area (TPSA) is 83.7 Å². The van der Waals surface area contributed by atoms with Gasteiger partial charge in [0.05, 0.1) is 5.56 Å². The van der Waals surface area contributed by atoms with Crippen LogP contribution in [0.25, 0.3) is 0 Å². The first-order valence-corrected chi connectivity index (χ1v) is 9.33. The number of aromatic nitrogens is 1. The van der Waals surface area contributed by atoms with Crippen molar-refractivity contribution in [1.82, 2.24) is 14.4 Å². The molecule has 1 amide bonds. The smallest absolute Gasteiger partial charge is 0.256 e. The molecule has 0 unspecified atom stereocenters. The van der Waals surface area contributed by atoms with Gasteiger partial charge in [-0.05, 0) is 26.0 Å². The predicted molar refractivity (Wildman–Crippen MR) is 87.0 cm³/mol. The molecule has 1 aromatic heterocycles. The van der Waals surface area contributed by atoms with Crippen LogP contribution in [0.2, 0.25) is 0 Å². The van der Waals surface area contributed by atoms with Crippen molar-refractivity contribution in [3.63, 3.8) is 0 Å². The van der Waals surface area contributed by atoms with Gasteiger partial charge in [-0.15, -0.1) is 0 Å². The fourth-order valence-electron chi connectivity index (χ4n) is 2.94. The molecule has 3 rings (SSSR count). The third-order valence-electron chi connectivity index (χ3n) is 4.25. The minimum atomic E-state index is -3.79. The highest BCUT2D eigenvalue weighted by molar-refractivity contribution is 7.89. The van der Waals surface area contributed by atoms with E-state index >= 15 is 0 Å². The maximum absolute atomic E-state index is 13.8. The molecule has 2 aromatic rings. The molecular formula is C16H17F2N3O4S. The second-order valence-electron chi connectivity index (χ2n) is 5.97. The van der Waals surface area contributed by atoms with E-state index in [0.29, 0.717) is 6.07 Å². The standard InChI is InChI=1S/C16H17F2N3O4S/c1-10-15(11(2)25-19-10)26(23,24)21-7-5-20(6-8-21)16(22)13-4-3-12(17)9-14(13)18/h3-4,9H,5-8H2,1-2H3. The molecule has 10 heteroatoms. The van der Waals surface area contributed by atoms with Gasteiger partial charge in [-0.2, -0.15) is 4.31 Å². The molecule has 0 atom stereocenters. The summed E-state index contributed by atoms with van der Waals surface area (Å²) in [6.07, 6.45) is 0. The number of benzene rings is 1. The molecular weight excluding hydrogens is 368 g/mol. The van der Waals surface area contributed by atoms with Crippen molar-refractivity contribution >= 4 is 15.9 Å². The lowest BCUT2D eigenvalue weighted by Gasteiger charge is -2.34. The Bertz CT molecular complexity index is 931. The molecule has 0 saturated carbocycles. The summed E-state index contributed by atoms with van der Waals surface area (Å²) in [5, 5.41) is 3.66. The Balaban J connectivity index is 1.74. The first-order valence-electron chi connectivity index (χ1n) is 7.89. The van der Waals surface area contributed by atoms with Gasteiger partial charge in [0.15, 0.2) is 5.76 Å². The minimum Gasteiger partial charge on any atom is -0.360 e. The number of piperazine rings is 1. The summed E-state index contributed by atoms with van der Waals surface area (Å²) < 4.78 is 58.4. The number of halogens is 2. The number of rotatable bonds is 3. The number of aryl methyl sites for hydroxylation is 2. The van der Waals surface area contributed by atoms with Crippen LogP contribution in [0, 0.1) is 25.5 Å². The zero-order valence-electron chi connectivity index (χ0n) is 14.2. The molecule has 0 N–H and O–H groups in total. The molecule has 140 valence electrons. The maximum atomic E-state index is 13.8. The van der Waals surface area contributed by atoms with Crippen LogP contribution in [0.4, 0.5) is 8.78 Å². The van der Waals surface area contributed by atoms with Crippen LogP contribution < -0.4 is 0 Å². The molecule has 26 heavy (non-hydrogen) atoms. The van der Waals surface area contributed by atoms with Crippen LogP contribution in [-0.4, -0.2) is 54.9 Å². The number of amides is 1. The van der Waals surface area contributed by atoms with Gasteiger partial charge >= 0.3 is 0 Å². The predicted octanol–water partition coefficient (Wildman–Crippen LogP) is 1.72. The molecule has 0 radical (unpaired) electrons. The summed E-state index contributed by atoms with van der Waals surface area (Å²) >= 11 is 0. The second kappa shape index (κ2) is 6.76. The highest BCUT2D eigenvalue weighted by Crippen LogP contribution is 2.24. The number of hydrogen-bond donors (Lipinski definition) is 0. The van der Waals surface area contributed by atoms with Crippen molar-refractivity contribution in [1.29, 1.82) is 0 Å². The van der Waals surface area contributed by atoms with Crippen molar-refractivity contribution in [2.75, 3.05) is 26.2 Å². The minimum absolute atomic E-state index is 0.0295. The van der Waals surface area contributed by atoms with E-state index < -0.39 is 27.6 Å². The Hall–Kier alpha value is -2.33. The van der Waals surface area contributed by atoms with Gasteiger partial charge in [0.1, 0.15) is 22.2 Å². The molecule has 7 nitrogen and oxygen atoms in total. The van der Waals surface area contributed by atoms with Crippen LogP contribution in [-0.2, 0) is 10.0 Å². The quantitative estimate of drug-likeness (QED) is 0.803. The Labute approximate surface area is 149 Å². The Morgan fingerprint density at radius 2 is 1.81 bits per heavy atom. The summed E-state index contributed by atoms with van der Waals surface area (Å²) in [5.74, 6) is -2.11. The number of hydrogen-bond acceptors (Lipinski definition) is 5. The van der Waals surface area contributed by atoms with E-state index in [1.54, 1.807) is 6.92 Å². The number of nitrogens with zero attached hydrogens (tertiary/aromatic N) is 3. The molecule has 1 fully saturated rings. The first kappa shape index (κ1) is 18.5. The van der Waals surface area contributed by atoms with Crippen molar-refractivity contribution in [3.8, 4) is 0 Å². The van der Waals surface area contributed by atoms with Gasteiger partial charge in [0, 0.05) is 32.2 Å². The van der Waals surface area contributed by atoms with E-state index in [0.717, 1.165) is 12.1 Å². The van der Waals surface area contributed by atoms with Crippen molar-refractivity contribution in [2.45, 2.75) is 18.7 Å². The average molecular weight is 385 g/mol.